The maximum atomic E-state index is 12.4. The Morgan fingerprint density at radius 3 is 2.28 bits per heavy atom. The summed E-state index contributed by atoms with van der Waals surface area (Å²) in [4.78, 5) is 10.9. The van der Waals surface area contributed by atoms with Gasteiger partial charge in [0.2, 0.25) is 0 Å². The molecular weight excluding hydrogens is 258 g/mol. The van der Waals surface area contributed by atoms with Gasteiger partial charge in [0.05, 0.1) is 0 Å². The van der Waals surface area contributed by atoms with Crippen LogP contribution in [0.5, 0.6) is 0 Å². The van der Waals surface area contributed by atoms with Gasteiger partial charge in [-0.25, -0.2) is 8.78 Å². The molecule has 0 aliphatic carbocycles. The first-order chi connectivity index (χ1) is 8.61. The summed E-state index contributed by atoms with van der Waals surface area (Å²) in [6.45, 7) is 0. The highest BCUT2D eigenvalue weighted by Crippen LogP contribution is 2.27. The molecule has 92 valence electrons. The fraction of sp³-hybridized carbons (Fsp3) is 0.0714. The summed E-state index contributed by atoms with van der Waals surface area (Å²) < 4.78 is 24.9. The van der Waals surface area contributed by atoms with Crippen LogP contribution in [0.3, 0.4) is 0 Å². The van der Waals surface area contributed by atoms with Crippen LogP contribution in [-0.2, 0) is 0 Å². The highest BCUT2D eigenvalue weighted by molar-refractivity contribution is 6.31. The number of benzene rings is 2. The second-order valence-electron chi connectivity index (χ2n) is 3.77. The monoisotopic (exact) mass is 266 g/mol. The standard InChI is InChI=1S/C14H9ClF2O/c15-12-5-6-13(11(7-12)8-18)9-1-3-10(4-2-9)14(16)17/h1-8,14H. The van der Waals surface area contributed by atoms with Gasteiger partial charge in [0.15, 0.2) is 6.29 Å². The molecule has 0 N–H and O–H groups in total. The second-order valence-corrected chi connectivity index (χ2v) is 4.21. The largest absolute Gasteiger partial charge is 0.298 e. The molecule has 0 spiro atoms. The third-order valence-corrected chi connectivity index (χ3v) is 2.85. The molecule has 0 aromatic heterocycles. The van der Waals surface area contributed by atoms with E-state index in [1.54, 1.807) is 30.3 Å². The van der Waals surface area contributed by atoms with E-state index >= 15 is 0 Å². The maximum absolute atomic E-state index is 12.4. The molecule has 2 aromatic rings. The summed E-state index contributed by atoms with van der Waals surface area (Å²) in [7, 11) is 0. The normalized spacial score (nSPS) is 10.7. The van der Waals surface area contributed by atoms with Crippen molar-refractivity contribution in [2.75, 3.05) is 0 Å². The van der Waals surface area contributed by atoms with Crippen molar-refractivity contribution in [3.05, 3.63) is 58.6 Å². The van der Waals surface area contributed by atoms with E-state index in [9.17, 15) is 13.6 Å². The minimum absolute atomic E-state index is 0.0413. The van der Waals surface area contributed by atoms with Crippen molar-refractivity contribution in [3.8, 4) is 11.1 Å². The zero-order valence-corrected chi connectivity index (χ0v) is 9.99. The van der Waals surface area contributed by atoms with Crippen LogP contribution >= 0.6 is 11.6 Å². The van der Waals surface area contributed by atoms with Crippen LogP contribution in [0.25, 0.3) is 11.1 Å². The predicted molar refractivity (Wildman–Crippen MR) is 67.2 cm³/mol. The molecule has 0 atom stereocenters. The van der Waals surface area contributed by atoms with Crippen molar-refractivity contribution in [1.29, 1.82) is 0 Å². The summed E-state index contributed by atoms with van der Waals surface area (Å²) >= 11 is 5.79. The van der Waals surface area contributed by atoms with E-state index in [0.717, 1.165) is 0 Å². The average molecular weight is 267 g/mol. The van der Waals surface area contributed by atoms with Crippen LogP contribution in [0, 0.1) is 0 Å². The van der Waals surface area contributed by atoms with E-state index in [1.165, 1.54) is 12.1 Å². The van der Waals surface area contributed by atoms with Crippen LogP contribution in [0.15, 0.2) is 42.5 Å². The van der Waals surface area contributed by atoms with Crippen molar-refractivity contribution in [2.24, 2.45) is 0 Å². The van der Waals surface area contributed by atoms with Crippen molar-refractivity contribution >= 4 is 17.9 Å². The Morgan fingerprint density at radius 2 is 1.72 bits per heavy atom. The Hall–Kier alpha value is -1.74. The summed E-state index contributed by atoms with van der Waals surface area (Å²) in [6, 6.07) is 10.7. The lowest BCUT2D eigenvalue weighted by Crippen LogP contribution is -1.89. The molecule has 0 saturated heterocycles. The predicted octanol–water partition coefficient (Wildman–Crippen LogP) is 4.76. The zero-order chi connectivity index (χ0) is 13.1. The zero-order valence-electron chi connectivity index (χ0n) is 9.24. The maximum Gasteiger partial charge on any atom is 0.263 e. The Kier molecular flexibility index (Phi) is 3.72. The van der Waals surface area contributed by atoms with Crippen LogP contribution in [0.2, 0.25) is 5.02 Å². The lowest BCUT2D eigenvalue weighted by Gasteiger charge is -2.07. The molecule has 0 saturated carbocycles. The Morgan fingerprint density at radius 1 is 1.06 bits per heavy atom. The van der Waals surface area contributed by atoms with Crippen LogP contribution in [0.4, 0.5) is 8.78 Å². The minimum Gasteiger partial charge on any atom is -0.298 e. The first kappa shape index (κ1) is 12.7. The van der Waals surface area contributed by atoms with Gasteiger partial charge in [0.1, 0.15) is 0 Å². The summed E-state index contributed by atoms with van der Waals surface area (Å²) in [5.41, 5.74) is 1.78. The molecule has 2 aromatic carbocycles. The third kappa shape index (κ3) is 2.57. The molecule has 0 radical (unpaired) electrons. The van der Waals surface area contributed by atoms with Gasteiger partial charge < -0.3 is 0 Å². The van der Waals surface area contributed by atoms with Gasteiger partial charge in [0.25, 0.3) is 6.43 Å². The van der Waals surface area contributed by atoms with Crippen molar-refractivity contribution in [3.63, 3.8) is 0 Å². The summed E-state index contributed by atoms with van der Waals surface area (Å²) in [6.07, 6.45) is -1.79. The highest BCUT2D eigenvalue weighted by Gasteiger charge is 2.09. The molecule has 0 amide bonds. The summed E-state index contributed by atoms with van der Waals surface area (Å²) in [5.74, 6) is 0. The Balaban J connectivity index is 2.45. The lowest BCUT2D eigenvalue weighted by atomic mass is 9.99. The molecule has 0 bridgehead atoms. The number of halogens is 3. The topological polar surface area (TPSA) is 17.1 Å². The number of rotatable bonds is 3. The van der Waals surface area contributed by atoms with E-state index in [1.807, 2.05) is 0 Å². The fourth-order valence-electron chi connectivity index (χ4n) is 1.70. The second kappa shape index (κ2) is 5.27. The van der Waals surface area contributed by atoms with E-state index in [-0.39, 0.29) is 5.56 Å². The van der Waals surface area contributed by atoms with Gasteiger partial charge in [-0.2, -0.15) is 0 Å². The van der Waals surface area contributed by atoms with E-state index in [4.69, 9.17) is 11.6 Å². The third-order valence-electron chi connectivity index (χ3n) is 2.61. The highest BCUT2D eigenvalue weighted by atomic mass is 35.5. The van der Waals surface area contributed by atoms with Crippen LogP contribution < -0.4 is 0 Å². The fourth-order valence-corrected chi connectivity index (χ4v) is 1.88. The van der Waals surface area contributed by atoms with Gasteiger partial charge in [0, 0.05) is 16.1 Å². The van der Waals surface area contributed by atoms with Crippen molar-refractivity contribution < 1.29 is 13.6 Å². The average Bonchev–Trinajstić information content (AvgIpc) is 2.38. The molecule has 0 unspecified atom stereocenters. The number of carbonyl (C=O) groups is 1. The van der Waals surface area contributed by atoms with Gasteiger partial charge in [-0.15, -0.1) is 0 Å². The van der Waals surface area contributed by atoms with Crippen molar-refractivity contribution in [2.45, 2.75) is 6.43 Å². The molecule has 0 aliphatic rings. The lowest BCUT2D eigenvalue weighted by molar-refractivity contribution is 0.112. The number of carbonyl (C=O) groups excluding carboxylic acids is 1. The van der Waals surface area contributed by atoms with Gasteiger partial charge in [-0.3, -0.25) is 4.79 Å². The molecule has 18 heavy (non-hydrogen) atoms. The summed E-state index contributed by atoms with van der Waals surface area (Å²) in [5, 5.41) is 0.463. The number of hydrogen-bond acceptors (Lipinski definition) is 1. The van der Waals surface area contributed by atoms with E-state index in [2.05, 4.69) is 0 Å². The number of alkyl halides is 2. The molecule has 0 aliphatic heterocycles. The molecular formula is C14H9ClF2O. The van der Waals surface area contributed by atoms with Crippen LogP contribution in [0.1, 0.15) is 22.3 Å². The quantitative estimate of drug-likeness (QED) is 0.732. The van der Waals surface area contributed by atoms with Crippen LogP contribution in [-0.4, -0.2) is 6.29 Å². The molecule has 2 rings (SSSR count). The smallest absolute Gasteiger partial charge is 0.263 e. The van der Waals surface area contributed by atoms with E-state index in [0.29, 0.717) is 28.0 Å². The SMILES string of the molecule is O=Cc1cc(Cl)ccc1-c1ccc(C(F)F)cc1. The molecule has 4 heteroatoms. The molecule has 0 fully saturated rings. The van der Waals surface area contributed by atoms with Crippen molar-refractivity contribution in [1.82, 2.24) is 0 Å². The Bertz CT molecular complexity index is 565. The van der Waals surface area contributed by atoms with Gasteiger partial charge >= 0.3 is 0 Å². The number of aldehydes is 1. The number of hydrogen-bond donors (Lipinski definition) is 0. The Labute approximate surface area is 108 Å². The first-order valence-electron chi connectivity index (χ1n) is 5.25. The van der Waals surface area contributed by atoms with E-state index < -0.39 is 6.43 Å². The molecule has 0 heterocycles. The first-order valence-corrected chi connectivity index (χ1v) is 5.63. The van der Waals surface area contributed by atoms with Gasteiger partial charge in [-0.05, 0) is 23.3 Å². The molecule has 1 nitrogen and oxygen atoms in total. The minimum atomic E-state index is -2.49. The van der Waals surface area contributed by atoms with Gasteiger partial charge in [-0.1, -0.05) is 41.9 Å².